The predicted molar refractivity (Wildman–Crippen MR) is 75.8 cm³/mol. The molecule has 1 amide bonds. The van der Waals surface area contributed by atoms with Gasteiger partial charge in [-0.15, -0.1) is 11.8 Å². The van der Waals surface area contributed by atoms with E-state index < -0.39 is 12.0 Å². The van der Waals surface area contributed by atoms with Crippen LogP contribution in [0.2, 0.25) is 5.02 Å². The second-order valence-electron chi connectivity index (χ2n) is 4.99. The fourth-order valence-electron chi connectivity index (χ4n) is 2.35. The van der Waals surface area contributed by atoms with Gasteiger partial charge in [0.2, 0.25) is 0 Å². The van der Waals surface area contributed by atoms with E-state index in [4.69, 9.17) is 11.6 Å². The highest BCUT2D eigenvalue weighted by Crippen LogP contribution is 2.45. The molecule has 106 valence electrons. The summed E-state index contributed by atoms with van der Waals surface area (Å²) in [6.45, 7) is 0. The van der Waals surface area contributed by atoms with Crippen molar-refractivity contribution in [1.29, 1.82) is 0 Å². The maximum Gasteiger partial charge on any atom is 0.327 e. The molecule has 2 heterocycles. The third-order valence-corrected chi connectivity index (χ3v) is 5.21. The number of nitrogens with zero attached hydrogens (tertiary/aromatic N) is 2. The number of amides is 1. The molecule has 1 aromatic heterocycles. The van der Waals surface area contributed by atoms with E-state index in [-0.39, 0.29) is 17.0 Å². The van der Waals surface area contributed by atoms with Crippen LogP contribution >= 0.6 is 23.4 Å². The Hall–Kier alpha value is -1.27. The molecular weight excluding hydrogens is 300 g/mol. The number of halogens is 1. The van der Waals surface area contributed by atoms with E-state index in [1.165, 1.54) is 17.2 Å². The van der Waals surface area contributed by atoms with Crippen molar-refractivity contribution in [3.63, 3.8) is 0 Å². The van der Waals surface area contributed by atoms with Crippen LogP contribution in [-0.4, -0.2) is 44.0 Å². The van der Waals surface area contributed by atoms with E-state index in [1.807, 2.05) is 0 Å². The third-order valence-electron chi connectivity index (χ3n) is 3.53. The molecule has 1 N–H and O–H groups in total. The molecule has 1 aliphatic heterocycles. The summed E-state index contributed by atoms with van der Waals surface area (Å²) in [5, 5.41) is 9.70. The van der Waals surface area contributed by atoms with E-state index in [0.717, 1.165) is 12.8 Å². The molecule has 0 spiro atoms. The molecule has 1 aliphatic carbocycles. The molecule has 1 aromatic rings. The largest absolute Gasteiger partial charge is 0.480 e. The smallest absolute Gasteiger partial charge is 0.327 e. The molecule has 2 fully saturated rings. The average molecular weight is 313 g/mol. The van der Waals surface area contributed by atoms with Crippen LogP contribution in [0.25, 0.3) is 0 Å². The van der Waals surface area contributed by atoms with Crippen LogP contribution in [-0.2, 0) is 4.79 Å². The molecule has 1 saturated carbocycles. The summed E-state index contributed by atoms with van der Waals surface area (Å²) in [5.41, 5.74) is 0.244. The molecule has 7 heteroatoms. The van der Waals surface area contributed by atoms with E-state index in [1.54, 1.807) is 17.8 Å². The van der Waals surface area contributed by atoms with E-state index >= 15 is 0 Å². The quantitative estimate of drug-likeness (QED) is 0.925. The zero-order chi connectivity index (χ0) is 14.3. The Kier molecular flexibility index (Phi) is 3.60. The molecule has 5 nitrogen and oxygen atoms in total. The fourth-order valence-corrected chi connectivity index (χ4v) is 4.10. The molecule has 0 bridgehead atoms. The first kappa shape index (κ1) is 13.7. The summed E-state index contributed by atoms with van der Waals surface area (Å²) in [7, 11) is 0. The molecule has 1 saturated heterocycles. The van der Waals surface area contributed by atoms with Crippen LogP contribution < -0.4 is 0 Å². The van der Waals surface area contributed by atoms with Gasteiger partial charge in [0.15, 0.2) is 0 Å². The van der Waals surface area contributed by atoms with Gasteiger partial charge in [-0.25, -0.2) is 9.78 Å². The van der Waals surface area contributed by atoms with E-state index in [9.17, 15) is 14.7 Å². The number of hydrogen-bond donors (Lipinski definition) is 1. The minimum absolute atomic E-state index is 0.0407. The first-order chi connectivity index (χ1) is 9.58. The molecule has 0 radical (unpaired) electrons. The number of thioether (sulfide) groups is 1. The summed E-state index contributed by atoms with van der Waals surface area (Å²) < 4.78 is 0. The number of rotatable bonds is 3. The Morgan fingerprint density at radius 1 is 1.40 bits per heavy atom. The van der Waals surface area contributed by atoms with Crippen molar-refractivity contribution in [2.75, 3.05) is 5.75 Å². The average Bonchev–Trinajstić information content (AvgIpc) is 3.17. The van der Waals surface area contributed by atoms with Crippen LogP contribution in [0.4, 0.5) is 0 Å². The summed E-state index contributed by atoms with van der Waals surface area (Å²) in [5.74, 6) is -0.421. The summed E-state index contributed by atoms with van der Waals surface area (Å²) >= 11 is 7.31. The minimum atomic E-state index is -0.956. The highest BCUT2D eigenvalue weighted by Gasteiger charge is 2.48. The Morgan fingerprint density at radius 2 is 2.15 bits per heavy atom. The minimum Gasteiger partial charge on any atom is -0.480 e. The first-order valence-corrected chi connectivity index (χ1v) is 7.79. The standard InChI is InChI=1S/C13H13ClN2O3S/c14-8-3-4-9(15-5-8)11(17)16-10(13(18)19)6-20-12(16)7-1-2-7/h3-5,7,10,12H,1-2,6H2,(H,18,19). The van der Waals surface area contributed by atoms with Crippen molar-refractivity contribution >= 4 is 35.2 Å². The number of carbonyl (C=O) groups is 2. The van der Waals surface area contributed by atoms with Crippen molar-refractivity contribution < 1.29 is 14.7 Å². The third kappa shape index (κ3) is 2.50. The summed E-state index contributed by atoms with van der Waals surface area (Å²) in [6.07, 6.45) is 3.52. The Morgan fingerprint density at radius 3 is 2.70 bits per heavy atom. The van der Waals surface area contributed by atoms with Gasteiger partial charge in [-0.05, 0) is 30.9 Å². The lowest BCUT2D eigenvalue weighted by molar-refractivity contribution is -0.141. The Labute approximate surface area is 125 Å². The number of aliphatic carboxylic acids is 1. The van der Waals surface area contributed by atoms with Gasteiger partial charge in [0, 0.05) is 11.9 Å². The summed E-state index contributed by atoms with van der Waals surface area (Å²) in [4.78, 5) is 29.4. The number of carboxylic acids is 1. The second kappa shape index (κ2) is 5.26. The lowest BCUT2D eigenvalue weighted by Gasteiger charge is -2.27. The fraction of sp³-hybridized carbons (Fsp3) is 0.462. The highest BCUT2D eigenvalue weighted by molar-refractivity contribution is 8.00. The number of carboxylic acid groups (broad SMARTS) is 1. The van der Waals surface area contributed by atoms with Crippen LogP contribution in [0, 0.1) is 5.92 Å². The maximum atomic E-state index is 12.6. The number of carbonyl (C=O) groups excluding carboxylic acids is 1. The lowest BCUT2D eigenvalue weighted by atomic mass is 10.2. The van der Waals surface area contributed by atoms with Gasteiger partial charge in [0.25, 0.3) is 5.91 Å². The zero-order valence-electron chi connectivity index (χ0n) is 10.5. The molecule has 2 unspecified atom stereocenters. The van der Waals surface area contributed by atoms with Gasteiger partial charge in [0.1, 0.15) is 11.7 Å². The predicted octanol–water partition coefficient (Wildman–Crippen LogP) is 2.11. The molecule has 2 atom stereocenters. The topological polar surface area (TPSA) is 70.5 Å². The first-order valence-electron chi connectivity index (χ1n) is 6.36. The lowest BCUT2D eigenvalue weighted by Crippen LogP contribution is -2.46. The van der Waals surface area contributed by atoms with Crippen molar-refractivity contribution in [2.24, 2.45) is 5.92 Å². The van der Waals surface area contributed by atoms with Crippen molar-refractivity contribution in [3.8, 4) is 0 Å². The van der Waals surface area contributed by atoms with Gasteiger partial charge in [-0.3, -0.25) is 4.79 Å². The van der Waals surface area contributed by atoms with Gasteiger partial charge in [-0.1, -0.05) is 11.6 Å². The molecular formula is C13H13ClN2O3S. The number of hydrogen-bond acceptors (Lipinski definition) is 4. The van der Waals surface area contributed by atoms with E-state index in [0.29, 0.717) is 16.7 Å². The van der Waals surface area contributed by atoms with Gasteiger partial charge in [-0.2, -0.15) is 0 Å². The number of pyridine rings is 1. The molecule has 20 heavy (non-hydrogen) atoms. The van der Waals surface area contributed by atoms with Crippen LogP contribution in [0.5, 0.6) is 0 Å². The van der Waals surface area contributed by atoms with Gasteiger partial charge < -0.3 is 10.0 Å². The molecule has 3 rings (SSSR count). The van der Waals surface area contributed by atoms with Crippen LogP contribution in [0.1, 0.15) is 23.3 Å². The van der Waals surface area contributed by atoms with Gasteiger partial charge in [0.05, 0.1) is 10.4 Å². The maximum absolute atomic E-state index is 12.6. The summed E-state index contributed by atoms with van der Waals surface area (Å²) in [6, 6.07) is 2.36. The molecule has 2 aliphatic rings. The molecule has 0 aromatic carbocycles. The number of aromatic nitrogens is 1. The van der Waals surface area contributed by atoms with Crippen molar-refractivity contribution in [1.82, 2.24) is 9.88 Å². The van der Waals surface area contributed by atoms with Crippen LogP contribution in [0.3, 0.4) is 0 Å². The zero-order valence-corrected chi connectivity index (χ0v) is 12.1. The van der Waals surface area contributed by atoms with Crippen molar-refractivity contribution in [2.45, 2.75) is 24.3 Å². The highest BCUT2D eigenvalue weighted by atomic mass is 35.5. The van der Waals surface area contributed by atoms with Crippen molar-refractivity contribution in [3.05, 3.63) is 29.0 Å². The van der Waals surface area contributed by atoms with E-state index in [2.05, 4.69) is 4.98 Å². The van der Waals surface area contributed by atoms with Gasteiger partial charge >= 0.3 is 5.97 Å². The normalized spacial score (nSPS) is 25.8. The monoisotopic (exact) mass is 312 g/mol. The van der Waals surface area contributed by atoms with Crippen LogP contribution in [0.15, 0.2) is 18.3 Å². The SMILES string of the molecule is O=C(O)C1CSC(C2CC2)N1C(=O)c1ccc(Cl)cn1. The Balaban J connectivity index is 1.88. The second-order valence-corrected chi connectivity index (χ2v) is 6.58. The Bertz CT molecular complexity index is 547.